The average Bonchev–Trinajstić information content (AvgIpc) is 2.89. The van der Waals surface area contributed by atoms with Crippen molar-refractivity contribution in [3.63, 3.8) is 0 Å². The van der Waals surface area contributed by atoms with E-state index in [1.165, 1.54) is 23.3 Å². The van der Waals surface area contributed by atoms with E-state index in [0.29, 0.717) is 6.04 Å². The molecule has 0 aromatic carbocycles. The van der Waals surface area contributed by atoms with Crippen LogP contribution in [0.4, 0.5) is 0 Å². The zero-order valence-electron chi connectivity index (χ0n) is 14.1. The van der Waals surface area contributed by atoms with Crippen LogP contribution < -0.4 is 5.32 Å². The summed E-state index contributed by atoms with van der Waals surface area (Å²) in [6, 6.07) is 2.74. The lowest BCUT2D eigenvalue weighted by Crippen LogP contribution is -2.56. The Hall–Kier alpha value is -0.380. The first-order chi connectivity index (χ1) is 9.61. The molecule has 2 nitrogen and oxygen atoms in total. The van der Waals surface area contributed by atoms with Gasteiger partial charge in [-0.05, 0) is 56.4 Å². The summed E-state index contributed by atoms with van der Waals surface area (Å²) in [6.07, 6.45) is 2.36. The Balaban J connectivity index is 3.28. The standard InChI is InChI=1S/C17H32N2S/c1-7-17(8-2,19(10-4)11-5)16(18-9-3)15-12-13-20-14(15)6/h12-13,16,18H,7-11H2,1-6H3. The van der Waals surface area contributed by atoms with Crippen LogP contribution in [0.5, 0.6) is 0 Å². The minimum Gasteiger partial charge on any atom is -0.309 e. The van der Waals surface area contributed by atoms with Crippen LogP contribution in [-0.4, -0.2) is 30.1 Å². The maximum atomic E-state index is 3.78. The summed E-state index contributed by atoms with van der Waals surface area (Å²) < 4.78 is 0. The van der Waals surface area contributed by atoms with Gasteiger partial charge in [0.2, 0.25) is 0 Å². The Morgan fingerprint density at radius 3 is 2.10 bits per heavy atom. The van der Waals surface area contributed by atoms with Gasteiger partial charge in [0, 0.05) is 10.4 Å². The second-order valence-corrected chi connectivity index (χ2v) is 6.53. The van der Waals surface area contributed by atoms with Crippen molar-refractivity contribution in [2.24, 2.45) is 0 Å². The van der Waals surface area contributed by atoms with Gasteiger partial charge < -0.3 is 5.32 Å². The van der Waals surface area contributed by atoms with Gasteiger partial charge in [-0.15, -0.1) is 11.3 Å². The van der Waals surface area contributed by atoms with Crippen molar-refractivity contribution in [1.82, 2.24) is 10.2 Å². The molecule has 1 heterocycles. The second-order valence-electron chi connectivity index (χ2n) is 5.41. The third kappa shape index (κ3) is 3.26. The van der Waals surface area contributed by atoms with Gasteiger partial charge in [0.05, 0.1) is 6.04 Å². The number of hydrogen-bond donors (Lipinski definition) is 1. The predicted octanol–water partition coefficient (Wildman–Crippen LogP) is 4.61. The third-order valence-electron chi connectivity index (χ3n) is 4.77. The van der Waals surface area contributed by atoms with Crippen molar-refractivity contribution >= 4 is 11.3 Å². The van der Waals surface area contributed by atoms with Gasteiger partial charge in [-0.2, -0.15) is 0 Å². The largest absolute Gasteiger partial charge is 0.309 e. The lowest BCUT2D eigenvalue weighted by molar-refractivity contribution is 0.0492. The molecule has 0 aliphatic heterocycles. The summed E-state index contributed by atoms with van der Waals surface area (Å²) in [4.78, 5) is 4.10. The Bertz CT molecular complexity index is 378. The normalized spacial score (nSPS) is 13.9. The molecule has 1 rings (SSSR count). The van der Waals surface area contributed by atoms with E-state index in [2.05, 4.69) is 63.2 Å². The molecule has 0 aliphatic rings. The molecule has 1 unspecified atom stereocenters. The van der Waals surface area contributed by atoms with Crippen LogP contribution in [0.15, 0.2) is 11.4 Å². The average molecular weight is 297 g/mol. The third-order valence-corrected chi connectivity index (χ3v) is 5.63. The first kappa shape index (κ1) is 17.7. The highest BCUT2D eigenvalue weighted by molar-refractivity contribution is 7.10. The van der Waals surface area contributed by atoms with Gasteiger partial charge >= 0.3 is 0 Å². The van der Waals surface area contributed by atoms with Crippen molar-refractivity contribution in [2.45, 2.75) is 66.0 Å². The lowest BCUT2D eigenvalue weighted by atomic mass is 9.79. The van der Waals surface area contributed by atoms with Crippen molar-refractivity contribution in [3.8, 4) is 0 Å². The van der Waals surface area contributed by atoms with Crippen LogP contribution in [0.1, 0.15) is 63.9 Å². The van der Waals surface area contributed by atoms with E-state index in [4.69, 9.17) is 0 Å². The monoisotopic (exact) mass is 296 g/mol. The van der Waals surface area contributed by atoms with Crippen LogP contribution in [0.25, 0.3) is 0 Å². The molecule has 1 aromatic heterocycles. The molecule has 116 valence electrons. The molecule has 0 spiro atoms. The highest BCUT2D eigenvalue weighted by Crippen LogP contribution is 2.39. The zero-order valence-corrected chi connectivity index (χ0v) is 14.9. The summed E-state index contributed by atoms with van der Waals surface area (Å²) in [7, 11) is 0. The molecule has 0 bridgehead atoms. The van der Waals surface area contributed by atoms with E-state index in [-0.39, 0.29) is 5.54 Å². The summed E-state index contributed by atoms with van der Waals surface area (Å²) >= 11 is 1.86. The molecule has 20 heavy (non-hydrogen) atoms. The SMILES string of the molecule is CCNC(c1ccsc1C)C(CC)(CC)N(CC)CC. The number of aryl methyl sites for hydroxylation is 1. The van der Waals surface area contributed by atoms with Gasteiger partial charge in [-0.1, -0.05) is 34.6 Å². The van der Waals surface area contributed by atoms with Gasteiger partial charge in [-0.25, -0.2) is 0 Å². The second kappa shape index (κ2) is 8.16. The first-order valence-corrected chi connectivity index (χ1v) is 9.01. The summed E-state index contributed by atoms with van der Waals surface area (Å²) in [6.45, 7) is 17.0. The van der Waals surface area contributed by atoms with Gasteiger partial charge in [0.15, 0.2) is 0 Å². The molecule has 0 saturated heterocycles. The zero-order chi connectivity index (χ0) is 15.2. The lowest BCUT2D eigenvalue weighted by Gasteiger charge is -2.48. The van der Waals surface area contributed by atoms with Crippen molar-refractivity contribution in [3.05, 3.63) is 21.9 Å². The molecule has 1 aromatic rings. The van der Waals surface area contributed by atoms with Crippen LogP contribution in [0.3, 0.4) is 0 Å². The van der Waals surface area contributed by atoms with E-state index in [1.54, 1.807) is 0 Å². The quantitative estimate of drug-likeness (QED) is 0.716. The number of nitrogens with one attached hydrogen (secondary N) is 1. The van der Waals surface area contributed by atoms with Gasteiger partial charge in [0.1, 0.15) is 0 Å². The topological polar surface area (TPSA) is 15.3 Å². The van der Waals surface area contributed by atoms with Crippen LogP contribution >= 0.6 is 11.3 Å². The Morgan fingerprint density at radius 1 is 1.15 bits per heavy atom. The van der Waals surface area contributed by atoms with Crippen LogP contribution in [0.2, 0.25) is 0 Å². The summed E-state index contributed by atoms with van der Waals surface area (Å²) in [5.74, 6) is 0. The molecular weight excluding hydrogens is 264 g/mol. The molecule has 0 aliphatic carbocycles. The molecule has 3 heteroatoms. The fourth-order valence-corrected chi connectivity index (χ4v) is 4.37. The van der Waals surface area contributed by atoms with E-state index < -0.39 is 0 Å². The maximum absolute atomic E-state index is 3.78. The first-order valence-electron chi connectivity index (χ1n) is 8.13. The number of rotatable bonds is 9. The number of thiophene rings is 1. The minimum atomic E-state index is 0.214. The molecule has 0 fully saturated rings. The molecular formula is C17H32N2S. The van der Waals surface area contributed by atoms with E-state index in [9.17, 15) is 0 Å². The Labute approximate surface area is 129 Å². The predicted molar refractivity (Wildman–Crippen MR) is 91.7 cm³/mol. The Kier molecular flexibility index (Phi) is 7.21. The van der Waals surface area contributed by atoms with Crippen LogP contribution in [0, 0.1) is 6.92 Å². The van der Waals surface area contributed by atoms with Crippen molar-refractivity contribution in [1.29, 1.82) is 0 Å². The summed E-state index contributed by atoms with van der Waals surface area (Å²) in [5.41, 5.74) is 1.71. The van der Waals surface area contributed by atoms with Gasteiger partial charge in [-0.3, -0.25) is 4.90 Å². The molecule has 0 amide bonds. The minimum absolute atomic E-state index is 0.214. The highest BCUT2D eigenvalue weighted by atomic mass is 32.1. The fraction of sp³-hybridized carbons (Fsp3) is 0.765. The van der Waals surface area contributed by atoms with Crippen molar-refractivity contribution in [2.75, 3.05) is 19.6 Å². The van der Waals surface area contributed by atoms with Gasteiger partial charge in [0.25, 0.3) is 0 Å². The molecule has 0 radical (unpaired) electrons. The van der Waals surface area contributed by atoms with E-state index >= 15 is 0 Å². The van der Waals surface area contributed by atoms with E-state index in [1.807, 2.05) is 11.3 Å². The smallest absolute Gasteiger partial charge is 0.0517 e. The molecule has 1 atom stereocenters. The highest BCUT2D eigenvalue weighted by Gasteiger charge is 2.41. The maximum Gasteiger partial charge on any atom is 0.0517 e. The van der Waals surface area contributed by atoms with E-state index in [0.717, 1.165) is 19.6 Å². The fourth-order valence-electron chi connectivity index (χ4n) is 3.63. The molecule has 1 N–H and O–H groups in total. The van der Waals surface area contributed by atoms with Crippen LogP contribution in [-0.2, 0) is 0 Å². The molecule has 0 saturated carbocycles. The number of likely N-dealkylation sites (N-methyl/N-ethyl adjacent to an activating group) is 2. The Morgan fingerprint density at radius 2 is 1.75 bits per heavy atom. The van der Waals surface area contributed by atoms with Crippen molar-refractivity contribution < 1.29 is 0 Å². The summed E-state index contributed by atoms with van der Waals surface area (Å²) in [5, 5.41) is 6.01. The number of nitrogens with zero attached hydrogens (tertiary/aromatic N) is 1. The number of hydrogen-bond acceptors (Lipinski definition) is 3.